The molecule has 0 amide bonds. The Morgan fingerprint density at radius 1 is 1.46 bits per heavy atom. The summed E-state index contributed by atoms with van der Waals surface area (Å²) in [6.07, 6.45) is 1.97. The smallest absolute Gasteiger partial charge is 0.129 e. The van der Waals surface area contributed by atoms with Gasteiger partial charge in [0.25, 0.3) is 0 Å². The summed E-state index contributed by atoms with van der Waals surface area (Å²) >= 11 is 0. The topological polar surface area (TPSA) is 38.7 Å². The van der Waals surface area contributed by atoms with Crippen LogP contribution in [0.5, 0.6) is 17.2 Å². The average molecular weight is 180 g/mol. The summed E-state index contributed by atoms with van der Waals surface area (Å²) in [7, 11) is 1.60. The molecule has 2 rings (SSSR count). The lowest BCUT2D eigenvalue weighted by Gasteiger charge is -2.19. The molecule has 0 radical (unpaired) electrons. The highest BCUT2D eigenvalue weighted by atomic mass is 16.5. The summed E-state index contributed by atoms with van der Waals surface area (Å²) in [6, 6.07) is 3.25. The van der Waals surface area contributed by atoms with Crippen LogP contribution in [0.3, 0.4) is 0 Å². The van der Waals surface area contributed by atoms with Crippen LogP contribution in [-0.2, 0) is 6.42 Å². The molecule has 0 bridgehead atoms. The summed E-state index contributed by atoms with van der Waals surface area (Å²) < 4.78 is 10.6. The van der Waals surface area contributed by atoms with E-state index in [1.54, 1.807) is 19.2 Å². The molecule has 1 aromatic carbocycles. The van der Waals surface area contributed by atoms with Crippen LogP contribution in [0.25, 0.3) is 0 Å². The van der Waals surface area contributed by atoms with Gasteiger partial charge in [-0.05, 0) is 12.8 Å². The lowest BCUT2D eigenvalue weighted by molar-refractivity contribution is 0.280. The van der Waals surface area contributed by atoms with E-state index in [-0.39, 0.29) is 5.75 Å². The molecule has 0 aromatic heterocycles. The van der Waals surface area contributed by atoms with Gasteiger partial charge in [0.15, 0.2) is 0 Å². The Hall–Kier alpha value is -1.38. The maximum Gasteiger partial charge on any atom is 0.129 e. The fraction of sp³-hybridized carbons (Fsp3) is 0.400. The van der Waals surface area contributed by atoms with Crippen LogP contribution in [0, 0.1) is 0 Å². The average Bonchev–Trinajstić information content (AvgIpc) is 2.16. The van der Waals surface area contributed by atoms with Crippen molar-refractivity contribution in [1.29, 1.82) is 0 Å². The van der Waals surface area contributed by atoms with Gasteiger partial charge < -0.3 is 14.6 Å². The lowest BCUT2D eigenvalue weighted by Crippen LogP contribution is -2.09. The van der Waals surface area contributed by atoms with Gasteiger partial charge in [-0.25, -0.2) is 0 Å². The first kappa shape index (κ1) is 8.23. The molecule has 13 heavy (non-hydrogen) atoms. The Morgan fingerprint density at radius 2 is 2.31 bits per heavy atom. The maximum absolute atomic E-state index is 9.34. The molecule has 70 valence electrons. The standard InChI is InChI=1S/C10H12O3/c1-12-9-5-7(11)6-10-8(9)3-2-4-13-10/h5-6,11H,2-4H2,1H3. The van der Waals surface area contributed by atoms with Gasteiger partial charge >= 0.3 is 0 Å². The molecule has 0 saturated heterocycles. The molecule has 1 aromatic rings. The predicted octanol–water partition coefficient (Wildman–Crippen LogP) is 1.73. The Bertz CT molecular complexity index is 303. The van der Waals surface area contributed by atoms with E-state index < -0.39 is 0 Å². The zero-order chi connectivity index (χ0) is 9.26. The van der Waals surface area contributed by atoms with Gasteiger partial charge in [-0.2, -0.15) is 0 Å². The van der Waals surface area contributed by atoms with Gasteiger partial charge in [-0.1, -0.05) is 0 Å². The normalized spacial score (nSPS) is 14.5. The highest BCUT2D eigenvalue weighted by Gasteiger charge is 2.16. The van der Waals surface area contributed by atoms with E-state index in [1.165, 1.54) is 0 Å². The third-order valence-electron chi connectivity index (χ3n) is 2.20. The van der Waals surface area contributed by atoms with Gasteiger partial charge in [0, 0.05) is 17.7 Å². The zero-order valence-electron chi connectivity index (χ0n) is 7.54. The number of phenols is 1. The van der Waals surface area contributed by atoms with Crippen molar-refractivity contribution in [2.45, 2.75) is 12.8 Å². The van der Waals surface area contributed by atoms with E-state index in [0.29, 0.717) is 0 Å². The number of benzene rings is 1. The van der Waals surface area contributed by atoms with Gasteiger partial charge in [-0.15, -0.1) is 0 Å². The predicted molar refractivity (Wildman–Crippen MR) is 48.5 cm³/mol. The number of fused-ring (bicyclic) bond motifs is 1. The zero-order valence-corrected chi connectivity index (χ0v) is 7.54. The van der Waals surface area contributed by atoms with E-state index in [9.17, 15) is 5.11 Å². The molecule has 0 spiro atoms. The monoisotopic (exact) mass is 180 g/mol. The van der Waals surface area contributed by atoms with Crippen LogP contribution in [0.2, 0.25) is 0 Å². The summed E-state index contributed by atoms with van der Waals surface area (Å²) in [5.74, 6) is 1.66. The highest BCUT2D eigenvalue weighted by Crippen LogP contribution is 2.36. The Kier molecular flexibility index (Phi) is 2.00. The summed E-state index contributed by atoms with van der Waals surface area (Å²) in [5.41, 5.74) is 1.06. The minimum atomic E-state index is 0.192. The van der Waals surface area contributed by atoms with Crippen molar-refractivity contribution in [2.75, 3.05) is 13.7 Å². The maximum atomic E-state index is 9.34. The molecule has 1 aliphatic heterocycles. The van der Waals surface area contributed by atoms with E-state index >= 15 is 0 Å². The largest absolute Gasteiger partial charge is 0.508 e. The molecule has 1 N–H and O–H groups in total. The third-order valence-corrected chi connectivity index (χ3v) is 2.20. The molecular weight excluding hydrogens is 168 g/mol. The first-order valence-corrected chi connectivity index (χ1v) is 4.34. The van der Waals surface area contributed by atoms with Gasteiger partial charge in [-0.3, -0.25) is 0 Å². The SMILES string of the molecule is COc1cc(O)cc2c1CCCO2. The number of methoxy groups -OCH3 is 1. The summed E-state index contributed by atoms with van der Waals surface area (Å²) in [5, 5.41) is 9.34. The molecule has 1 heterocycles. The highest BCUT2D eigenvalue weighted by molar-refractivity contribution is 5.50. The minimum Gasteiger partial charge on any atom is -0.508 e. The summed E-state index contributed by atoms with van der Waals surface area (Å²) in [4.78, 5) is 0. The molecule has 3 heteroatoms. The Balaban J connectivity index is 2.50. The van der Waals surface area contributed by atoms with Crippen molar-refractivity contribution in [3.63, 3.8) is 0 Å². The van der Waals surface area contributed by atoms with Crippen molar-refractivity contribution in [3.05, 3.63) is 17.7 Å². The second-order valence-corrected chi connectivity index (χ2v) is 3.08. The number of hydrogen-bond donors (Lipinski definition) is 1. The number of rotatable bonds is 1. The lowest BCUT2D eigenvalue weighted by atomic mass is 10.1. The van der Waals surface area contributed by atoms with Crippen LogP contribution in [-0.4, -0.2) is 18.8 Å². The first-order chi connectivity index (χ1) is 6.31. The van der Waals surface area contributed by atoms with Gasteiger partial charge in [0.1, 0.15) is 17.2 Å². The molecule has 0 unspecified atom stereocenters. The van der Waals surface area contributed by atoms with Crippen LogP contribution < -0.4 is 9.47 Å². The van der Waals surface area contributed by atoms with E-state index in [0.717, 1.165) is 36.5 Å². The van der Waals surface area contributed by atoms with Crippen LogP contribution in [0.4, 0.5) is 0 Å². The molecular formula is C10H12O3. The third kappa shape index (κ3) is 1.41. The minimum absolute atomic E-state index is 0.192. The first-order valence-electron chi connectivity index (χ1n) is 4.34. The number of ether oxygens (including phenoxy) is 2. The van der Waals surface area contributed by atoms with Crippen LogP contribution in [0.15, 0.2) is 12.1 Å². The summed E-state index contributed by atoms with van der Waals surface area (Å²) in [6.45, 7) is 0.722. The second-order valence-electron chi connectivity index (χ2n) is 3.08. The van der Waals surface area contributed by atoms with Gasteiger partial charge in [0.2, 0.25) is 0 Å². The van der Waals surface area contributed by atoms with E-state index in [1.807, 2.05) is 0 Å². The second kappa shape index (κ2) is 3.17. The molecule has 3 nitrogen and oxygen atoms in total. The molecule has 0 fully saturated rings. The molecule has 0 saturated carbocycles. The fourth-order valence-corrected chi connectivity index (χ4v) is 1.59. The van der Waals surface area contributed by atoms with E-state index in [4.69, 9.17) is 9.47 Å². The van der Waals surface area contributed by atoms with Crippen molar-refractivity contribution in [3.8, 4) is 17.2 Å². The van der Waals surface area contributed by atoms with Crippen molar-refractivity contribution >= 4 is 0 Å². The van der Waals surface area contributed by atoms with Crippen molar-refractivity contribution in [2.24, 2.45) is 0 Å². The number of aromatic hydroxyl groups is 1. The Morgan fingerprint density at radius 3 is 3.08 bits per heavy atom. The number of hydrogen-bond acceptors (Lipinski definition) is 3. The molecule has 0 aliphatic carbocycles. The van der Waals surface area contributed by atoms with Gasteiger partial charge in [0.05, 0.1) is 13.7 Å². The van der Waals surface area contributed by atoms with Crippen molar-refractivity contribution < 1.29 is 14.6 Å². The van der Waals surface area contributed by atoms with Crippen molar-refractivity contribution in [1.82, 2.24) is 0 Å². The van der Waals surface area contributed by atoms with Crippen LogP contribution >= 0.6 is 0 Å². The quantitative estimate of drug-likeness (QED) is 0.715. The fourth-order valence-electron chi connectivity index (χ4n) is 1.59. The Labute approximate surface area is 76.9 Å². The van der Waals surface area contributed by atoms with Crippen LogP contribution in [0.1, 0.15) is 12.0 Å². The molecule has 1 aliphatic rings. The number of phenolic OH excluding ortho intramolecular Hbond substituents is 1. The molecule has 0 atom stereocenters. The van der Waals surface area contributed by atoms with E-state index in [2.05, 4.69) is 0 Å².